The molecular formula is C50H98O12S. The van der Waals surface area contributed by atoms with Gasteiger partial charge in [-0.2, -0.15) is 8.42 Å². The number of rotatable bonds is 47. The maximum absolute atomic E-state index is 12.9. The molecule has 6 atom stereocenters. The van der Waals surface area contributed by atoms with Gasteiger partial charge in [0.05, 0.1) is 19.8 Å². The van der Waals surface area contributed by atoms with E-state index in [0.717, 1.165) is 38.5 Å². The summed E-state index contributed by atoms with van der Waals surface area (Å²) in [7, 11) is -5.06. The highest BCUT2D eigenvalue weighted by Gasteiger charge is 2.48. The van der Waals surface area contributed by atoms with Gasteiger partial charge in [-0.05, 0) is 12.8 Å². The first kappa shape index (κ1) is 60.1. The fourth-order valence-electron chi connectivity index (χ4n) is 8.50. The first-order valence-corrected chi connectivity index (χ1v) is 27.7. The summed E-state index contributed by atoms with van der Waals surface area (Å²) in [4.78, 5) is 12.9. The lowest BCUT2D eigenvalue weighted by atomic mass is 9.99. The zero-order valence-corrected chi connectivity index (χ0v) is 41.2. The third kappa shape index (κ3) is 35.9. The highest BCUT2D eigenvalue weighted by Crippen LogP contribution is 2.26. The van der Waals surface area contributed by atoms with E-state index in [1.165, 1.54) is 186 Å². The van der Waals surface area contributed by atoms with Crippen molar-refractivity contribution in [1.29, 1.82) is 0 Å². The number of carbonyl (C=O) groups excluding carboxylic acids is 1. The minimum Gasteiger partial charge on any atom is -0.457 e. The van der Waals surface area contributed by atoms with Crippen molar-refractivity contribution in [2.75, 3.05) is 26.4 Å². The highest BCUT2D eigenvalue weighted by molar-refractivity contribution is 7.80. The molecule has 6 unspecified atom stereocenters. The lowest BCUT2D eigenvalue weighted by Crippen LogP contribution is -2.60. The number of aliphatic hydroxyl groups is 3. The summed E-state index contributed by atoms with van der Waals surface area (Å²) in [6, 6.07) is 0. The minimum atomic E-state index is -5.06. The van der Waals surface area contributed by atoms with Crippen LogP contribution in [-0.4, -0.2) is 97.5 Å². The molecule has 0 aromatic rings. The van der Waals surface area contributed by atoms with Gasteiger partial charge in [0.2, 0.25) is 0 Å². The average Bonchev–Trinajstić information content (AvgIpc) is 3.26. The molecule has 0 aromatic carbocycles. The van der Waals surface area contributed by atoms with E-state index in [1.807, 2.05) is 0 Å². The second-order valence-corrected chi connectivity index (χ2v) is 19.5. The summed E-state index contributed by atoms with van der Waals surface area (Å²) in [6.45, 7) is 4.06. The van der Waals surface area contributed by atoms with Crippen molar-refractivity contribution in [3.8, 4) is 0 Å². The Morgan fingerprint density at radius 1 is 0.540 bits per heavy atom. The van der Waals surface area contributed by atoms with Crippen molar-refractivity contribution in [2.24, 2.45) is 0 Å². The van der Waals surface area contributed by atoms with Crippen LogP contribution in [0, 0.1) is 0 Å². The molecule has 1 aliphatic heterocycles. The molecule has 1 aliphatic rings. The van der Waals surface area contributed by atoms with Crippen molar-refractivity contribution in [3.63, 3.8) is 0 Å². The number of hydrogen-bond donors (Lipinski definition) is 4. The molecule has 0 aliphatic carbocycles. The fraction of sp³-hybridized carbons (Fsp3) is 0.980. The van der Waals surface area contributed by atoms with Crippen molar-refractivity contribution >= 4 is 16.4 Å². The van der Waals surface area contributed by atoms with Crippen LogP contribution in [-0.2, 0) is 38.3 Å². The maximum Gasteiger partial charge on any atom is 0.397 e. The maximum atomic E-state index is 12.9. The van der Waals surface area contributed by atoms with Crippen LogP contribution in [0.3, 0.4) is 0 Å². The van der Waals surface area contributed by atoms with Gasteiger partial charge >= 0.3 is 16.4 Å². The quantitative estimate of drug-likeness (QED) is 0.0258. The Labute approximate surface area is 386 Å². The Balaban J connectivity index is 2.33. The normalized spacial score (nSPS) is 19.7. The highest BCUT2D eigenvalue weighted by atomic mass is 32.3. The van der Waals surface area contributed by atoms with Crippen LogP contribution in [0.5, 0.6) is 0 Å². The molecule has 376 valence electrons. The van der Waals surface area contributed by atoms with Gasteiger partial charge in [0.1, 0.15) is 30.5 Å². The van der Waals surface area contributed by atoms with E-state index in [4.69, 9.17) is 18.9 Å². The van der Waals surface area contributed by atoms with Gasteiger partial charge in [0.15, 0.2) is 6.29 Å². The van der Waals surface area contributed by atoms with Gasteiger partial charge < -0.3 is 34.3 Å². The molecule has 1 saturated heterocycles. The summed E-state index contributed by atoms with van der Waals surface area (Å²) in [5.74, 6) is -0.391. The molecule has 1 rings (SSSR count). The molecule has 0 spiro atoms. The van der Waals surface area contributed by atoms with Gasteiger partial charge in [-0.15, -0.1) is 0 Å². The molecule has 0 aromatic heterocycles. The number of hydrogen-bond acceptors (Lipinski definition) is 11. The van der Waals surface area contributed by atoms with E-state index in [2.05, 4.69) is 18.0 Å². The molecule has 4 N–H and O–H groups in total. The summed E-state index contributed by atoms with van der Waals surface area (Å²) in [6.07, 6.45) is 37.0. The van der Waals surface area contributed by atoms with Crippen LogP contribution in [0.2, 0.25) is 0 Å². The predicted molar refractivity (Wildman–Crippen MR) is 253 cm³/mol. The molecule has 0 radical (unpaired) electrons. The first-order valence-electron chi connectivity index (χ1n) is 26.3. The summed E-state index contributed by atoms with van der Waals surface area (Å²) >= 11 is 0. The molecule has 63 heavy (non-hydrogen) atoms. The van der Waals surface area contributed by atoms with Crippen molar-refractivity contribution in [1.82, 2.24) is 0 Å². The Kier molecular flexibility index (Phi) is 40.5. The third-order valence-electron chi connectivity index (χ3n) is 12.5. The third-order valence-corrected chi connectivity index (χ3v) is 12.9. The number of esters is 1. The van der Waals surface area contributed by atoms with Crippen molar-refractivity contribution in [2.45, 2.75) is 288 Å². The average molecular weight is 923 g/mol. The first-order chi connectivity index (χ1) is 30.6. The van der Waals surface area contributed by atoms with Crippen LogP contribution >= 0.6 is 0 Å². The number of aliphatic hydroxyl groups excluding tert-OH is 3. The second-order valence-electron chi connectivity index (χ2n) is 18.5. The van der Waals surface area contributed by atoms with Crippen LogP contribution in [0.15, 0.2) is 0 Å². The van der Waals surface area contributed by atoms with Crippen LogP contribution in [0.4, 0.5) is 0 Å². The molecule has 1 heterocycles. The summed E-state index contributed by atoms with van der Waals surface area (Å²) < 4.78 is 59.3. The predicted octanol–water partition coefficient (Wildman–Crippen LogP) is 12.0. The number of carbonyl (C=O) groups is 1. The van der Waals surface area contributed by atoms with E-state index in [9.17, 15) is 33.1 Å². The van der Waals surface area contributed by atoms with Crippen LogP contribution < -0.4 is 0 Å². The smallest absolute Gasteiger partial charge is 0.397 e. The number of unbranched alkanes of at least 4 members (excludes halogenated alkanes) is 34. The zero-order chi connectivity index (χ0) is 46.1. The van der Waals surface area contributed by atoms with Crippen LogP contribution in [0.25, 0.3) is 0 Å². The molecule has 13 heteroatoms. The zero-order valence-electron chi connectivity index (χ0n) is 40.4. The molecule has 1 fully saturated rings. The summed E-state index contributed by atoms with van der Waals surface area (Å²) in [5, 5.41) is 30.8. The van der Waals surface area contributed by atoms with Crippen molar-refractivity contribution in [3.05, 3.63) is 0 Å². The molecule has 0 bridgehead atoms. The van der Waals surface area contributed by atoms with E-state index in [-0.39, 0.29) is 19.6 Å². The standard InChI is InChI=1S/C50H98O12S/c1-3-5-7-9-11-13-15-17-19-21-23-25-27-29-31-33-35-37-39-46(52)60-44(43-59-50-48(54)49(62-63(55,56)57)47(53)45(41-51)61-50)42-58-40-38-36-34-32-30-28-26-24-22-20-18-16-14-12-10-8-6-4-2/h44-45,47-51,53-54H,3-43H2,1-2H3,(H,55,56,57). The van der Waals surface area contributed by atoms with Gasteiger partial charge in [-0.3, -0.25) is 9.35 Å². The SMILES string of the molecule is CCCCCCCCCCCCCCCCCCCCOCC(COC1OC(CO)C(O)C(OS(=O)(=O)O)C1O)OC(=O)CCCCCCCCCCCCCCCCCCCC. The Morgan fingerprint density at radius 3 is 1.27 bits per heavy atom. The minimum absolute atomic E-state index is 0.0453. The van der Waals surface area contributed by atoms with Gasteiger partial charge in [0.25, 0.3) is 0 Å². The van der Waals surface area contributed by atoms with E-state index in [1.54, 1.807) is 0 Å². The largest absolute Gasteiger partial charge is 0.457 e. The molecular weight excluding hydrogens is 825 g/mol. The van der Waals surface area contributed by atoms with Gasteiger partial charge in [0, 0.05) is 13.0 Å². The molecule has 0 amide bonds. The topological polar surface area (TPSA) is 178 Å². The molecule has 0 saturated carbocycles. The van der Waals surface area contributed by atoms with Gasteiger partial charge in [-0.1, -0.05) is 232 Å². The summed E-state index contributed by atoms with van der Waals surface area (Å²) in [5.41, 5.74) is 0. The van der Waals surface area contributed by atoms with Crippen LogP contribution in [0.1, 0.15) is 251 Å². The monoisotopic (exact) mass is 923 g/mol. The Hall–Kier alpha value is -0.900. The Bertz CT molecular complexity index is 1110. The van der Waals surface area contributed by atoms with E-state index < -0.39 is 59.8 Å². The van der Waals surface area contributed by atoms with Crippen molar-refractivity contribution < 1.29 is 56.2 Å². The second kappa shape index (κ2) is 42.5. The van der Waals surface area contributed by atoms with Gasteiger partial charge in [-0.25, -0.2) is 4.18 Å². The number of ether oxygens (including phenoxy) is 4. The Morgan fingerprint density at radius 2 is 0.905 bits per heavy atom. The van der Waals surface area contributed by atoms with E-state index >= 15 is 0 Å². The fourth-order valence-corrected chi connectivity index (χ4v) is 9.01. The lowest BCUT2D eigenvalue weighted by Gasteiger charge is -2.41. The van der Waals surface area contributed by atoms with E-state index in [0.29, 0.717) is 13.0 Å². The molecule has 12 nitrogen and oxygen atoms in total. The lowest BCUT2D eigenvalue weighted by molar-refractivity contribution is -0.301.